The van der Waals surface area contributed by atoms with Crippen molar-refractivity contribution in [2.24, 2.45) is 0 Å². The first-order valence-corrected chi connectivity index (χ1v) is 17.4. The van der Waals surface area contributed by atoms with Crippen LogP contribution in [-0.4, -0.2) is 75.4 Å². The summed E-state index contributed by atoms with van der Waals surface area (Å²) in [6, 6.07) is 13.6. The number of hydrogen-bond acceptors (Lipinski definition) is 8. The van der Waals surface area contributed by atoms with Gasteiger partial charge in [-0.1, -0.05) is 83.2 Å². The highest BCUT2D eigenvalue weighted by molar-refractivity contribution is 6.31. The molecule has 5 atom stereocenters. The summed E-state index contributed by atoms with van der Waals surface area (Å²) in [4.78, 5) is 13.0. The van der Waals surface area contributed by atoms with Gasteiger partial charge in [0, 0.05) is 37.5 Å². The van der Waals surface area contributed by atoms with Gasteiger partial charge < -0.3 is 33.5 Å². The van der Waals surface area contributed by atoms with Crippen molar-refractivity contribution in [1.29, 1.82) is 0 Å². The lowest BCUT2D eigenvalue weighted by atomic mass is 9.80. The van der Waals surface area contributed by atoms with E-state index in [1.54, 1.807) is 6.07 Å². The van der Waals surface area contributed by atoms with E-state index in [0.29, 0.717) is 49.7 Å². The molecule has 3 rings (SSSR count). The van der Waals surface area contributed by atoms with Crippen molar-refractivity contribution in [2.45, 2.75) is 115 Å². The van der Waals surface area contributed by atoms with Crippen LogP contribution in [0.4, 0.5) is 0 Å². The van der Waals surface area contributed by atoms with Crippen LogP contribution >= 0.6 is 11.6 Å². The molecule has 0 spiro atoms. The van der Waals surface area contributed by atoms with Crippen LogP contribution < -0.4 is 4.74 Å². The first kappa shape index (κ1) is 38.4. The third-order valence-corrected chi connectivity index (χ3v) is 8.84. The van der Waals surface area contributed by atoms with Crippen molar-refractivity contribution in [3.63, 3.8) is 0 Å². The number of aliphatic hydroxyl groups excluding tert-OH is 1. The van der Waals surface area contributed by atoms with Gasteiger partial charge in [-0.05, 0) is 67.5 Å². The van der Waals surface area contributed by atoms with E-state index in [0.717, 1.165) is 68.2 Å². The summed E-state index contributed by atoms with van der Waals surface area (Å²) in [5, 5.41) is 11.4. The summed E-state index contributed by atoms with van der Waals surface area (Å²) in [5.74, 6) is -0.785. The summed E-state index contributed by atoms with van der Waals surface area (Å²) < 4.78 is 38.2. The minimum atomic E-state index is -1.77. The topological polar surface area (TPSA) is 92.7 Å². The van der Waals surface area contributed by atoms with E-state index in [4.69, 9.17) is 40.0 Å². The molecule has 0 saturated carbocycles. The number of hydrogen-bond donors (Lipinski definition) is 1. The fraction of sp³-hybridized carbons (Fsp3) is 0.649. The average molecular weight is 663 g/mol. The van der Waals surface area contributed by atoms with Gasteiger partial charge in [-0.25, -0.2) is 0 Å². The minimum absolute atomic E-state index is 0.378. The molecule has 46 heavy (non-hydrogen) atoms. The van der Waals surface area contributed by atoms with Crippen LogP contribution in [0.5, 0.6) is 5.75 Å². The third kappa shape index (κ3) is 9.53. The Kier molecular flexibility index (Phi) is 16.5. The van der Waals surface area contributed by atoms with Crippen molar-refractivity contribution >= 4 is 17.9 Å². The quantitative estimate of drug-likeness (QED) is 0.103. The number of aldehydes is 1. The highest BCUT2D eigenvalue weighted by atomic mass is 35.5. The van der Waals surface area contributed by atoms with Crippen LogP contribution in [0.25, 0.3) is 0 Å². The second kappa shape index (κ2) is 19.7. The molecule has 2 aromatic rings. The number of carbonyl (C=O) groups excluding carboxylic acids is 1. The second-order valence-electron chi connectivity index (χ2n) is 12.0. The normalized spacial score (nSPS) is 24.6. The summed E-state index contributed by atoms with van der Waals surface area (Å²) in [6.45, 7) is 9.67. The molecular formula is C37H55ClO8. The molecule has 8 nitrogen and oxygen atoms in total. The van der Waals surface area contributed by atoms with Crippen LogP contribution in [0.1, 0.15) is 95.8 Å². The Hall–Kier alpha value is -2.04. The summed E-state index contributed by atoms with van der Waals surface area (Å²) in [5.41, 5.74) is 0.734. The van der Waals surface area contributed by atoms with E-state index >= 15 is 0 Å². The van der Waals surface area contributed by atoms with Crippen molar-refractivity contribution < 1.29 is 38.3 Å². The van der Waals surface area contributed by atoms with Crippen molar-refractivity contribution in [3.8, 4) is 5.75 Å². The number of benzene rings is 2. The maximum atomic E-state index is 13.0. The van der Waals surface area contributed by atoms with Gasteiger partial charge in [-0.15, -0.1) is 0 Å². The molecule has 0 bridgehead atoms. The Morgan fingerprint density at radius 3 is 1.98 bits per heavy atom. The molecule has 1 saturated heterocycles. The van der Waals surface area contributed by atoms with E-state index in [1.165, 1.54) is 7.11 Å². The third-order valence-electron chi connectivity index (χ3n) is 8.48. The summed E-state index contributed by atoms with van der Waals surface area (Å²) in [7, 11) is 1.52. The molecule has 1 aliphatic rings. The SMILES string of the molecule is CCCCOc1ccc(Cc2cc([C@]3(OC)O[C@](C=O)(CO)[C@@H](OCCCC)[C@H](OCCCC)[C@H]3OCCCC)ccc2Cl)cc1. The first-order chi connectivity index (χ1) is 22.4. The Morgan fingerprint density at radius 2 is 1.41 bits per heavy atom. The number of rotatable bonds is 22. The van der Waals surface area contributed by atoms with E-state index in [2.05, 4.69) is 27.7 Å². The lowest BCUT2D eigenvalue weighted by Crippen LogP contribution is -2.72. The summed E-state index contributed by atoms with van der Waals surface area (Å²) in [6.07, 6.45) is 5.89. The standard InChI is InChI=1S/C37H55ClO8/c1-6-10-20-42-31-17-14-28(15-18-31)24-29-25-30(16-19-32(29)38)37(41-5)35(45-23-13-9-4)33(43-21-11-7-2)34(44-22-12-8-3)36(26-39,27-40)46-37/h14-19,25-26,33-35,40H,6-13,20-24,27H2,1-5H3/t33-,34-,35+,36+,37-/m0/s1. The zero-order chi connectivity index (χ0) is 33.4. The Labute approximate surface area is 281 Å². The summed E-state index contributed by atoms with van der Waals surface area (Å²) >= 11 is 6.77. The molecule has 0 aromatic heterocycles. The average Bonchev–Trinajstić information content (AvgIpc) is 3.08. The highest BCUT2D eigenvalue weighted by Crippen LogP contribution is 2.47. The van der Waals surface area contributed by atoms with Gasteiger partial charge in [-0.3, -0.25) is 4.79 Å². The number of ether oxygens (including phenoxy) is 6. The smallest absolute Gasteiger partial charge is 0.225 e. The number of halogens is 1. The van der Waals surface area contributed by atoms with E-state index in [9.17, 15) is 9.90 Å². The molecule has 1 aliphatic heterocycles. The van der Waals surface area contributed by atoms with E-state index in [-0.39, 0.29) is 0 Å². The van der Waals surface area contributed by atoms with Crippen LogP contribution in [0.3, 0.4) is 0 Å². The van der Waals surface area contributed by atoms with Gasteiger partial charge in [0.2, 0.25) is 5.79 Å². The zero-order valence-electron chi connectivity index (χ0n) is 28.4. The monoisotopic (exact) mass is 662 g/mol. The second-order valence-corrected chi connectivity index (χ2v) is 12.4. The number of unbranched alkanes of at least 4 members (excludes halogenated alkanes) is 4. The maximum absolute atomic E-state index is 13.0. The van der Waals surface area contributed by atoms with Gasteiger partial charge in [0.25, 0.3) is 0 Å². The molecule has 258 valence electrons. The van der Waals surface area contributed by atoms with Gasteiger partial charge in [0.1, 0.15) is 24.1 Å². The number of aliphatic hydroxyl groups is 1. The van der Waals surface area contributed by atoms with Crippen LogP contribution in [0, 0.1) is 0 Å². The molecule has 0 unspecified atom stereocenters. The number of methoxy groups -OCH3 is 1. The molecule has 0 aliphatic carbocycles. The molecule has 1 fully saturated rings. The molecule has 0 amide bonds. The van der Waals surface area contributed by atoms with Crippen LogP contribution in [0.2, 0.25) is 5.02 Å². The maximum Gasteiger partial charge on any atom is 0.225 e. The van der Waals surface area contributed by atoms with Crippen molar-refractivity contribution in [1.82, 2.24) is 0 Å². The molecule has 1 heterocycles. The van der Waals surface area contributed by atoms with Gasteiger partial charge in [0.05, 0.1) is 13.2 Å². The lowest BCUT2D eigenvalue weighted by molar-refractivity contribution is -0.398. The minimum Gasteiger partial charge on any atom is -0.494 e. The molecule has 2 aromatic carbocycles. The number of carbonyl (C=O) groups is 1. The Balaban J connectivity index is 2.09. The van der Waals surface area contributed by atoms with Crippen LogP contribution in [-0.2, 0) is 40.7 Å². The zero-order valence-corrected chi connectivity index (χ0v) is 29.2. The highest BCUT2D eigenvalue weighted by Gasteiger charge is 2.64. The molecule has 1 N–H and O–H groups in total. The Bertz CT molecular complexity index is 1160. The first-order valence-electron chi connectivity index (χ1n) is 17.1. The van der Waals surface area contributed by atoms with Crippen molar-refractivity contribution in [3.05, 3.63) is 64.2 Å². The van der Waals surface area contributed by atoms with Gasteiger partial charge in [-0.2, -0.15) is 0 Å². The largest absolute Gasteiger partial charge is 0.494 e. The van der Waals surface area contributed by atoms with E-state index < -0.39 is 36.3 Å². The van der Waals surface area contributed by atoms with Gasteiger partial charge >= 0.3 is 0 Å². The predicted octanol–water partition coefficient (Wildman–Crippen LogP) is 7.43. The molecular weight excluding hydrogens is 608 g/mol. The fourth-order valence-corrected chi connectivity index (χ4v) is 5.86. The molecule has 9 heteroatoms. The van der Waals surface area contributed by atoms with E-state index in [1.807, 2.05) is 36.4 Å². The van der Waals surface area contributed by atoms with Gasteiger partial charge in [0.15, 0.2) is 11.9 Å². The van der Waals surface area contributed by atoms with Crippen molar-refractivity contribution in [2.75, 3.05) is 40.1 Å². The molecule has 0 radical (unpaired) electrons. The predicted molar refractivity (Wildman–Crippen MR) is 181 cm³/mol. The Morgan fingerprint density at radius 1 is 0.826 bits per heavy atom. The van der Waals surface area contributed by atoms with Crippen LogP contribution in [0.15, 0.2) is 42.5 Å². The lowest BCUT2D eigenvalue weighted by Gasteiger charge is -2.55. The fourth-order valence-electron chi connectivity index (χ4n) is 5.67.